The number of rotatable bonds is 7. The van der Waals surface area contributed by atoms with Crippen molar-refractivity contribution in [3.63, 3.8) is 0 Å². The van der Waals surface area contributed by atoms with E-state index in [0.29, 0.717) is 38.4 Å². The summed E-state index contributed by atoms with van der Waals surface area (Å²) in [4.78, 5) is 37.8. The number of alkyl halides is 3. The molecule has 160 valence electrons. The summed E-state index contributed by atoms with van der Waals surface area (Å²) >= 11 is 0. The summed E-state index contributed by atoms with van der Waals surface area (Å²) in [7, 11) is 0. The van der Waals surface area contributed by atoms with Crippen LogP contribution in [0.5, 0.6) is 5.75 Å². The van der Waals surface area contributed by atoms with Crippen LogP contribution >= 0.6 is 0 Å². The van der Waals surface area contributed by atoms with Gasteiger partial charge in [-0.2, -0.15) is 0 Å². The van der Waals surface area contributed by atoms with Crippen molar-refractivity contribution in [2.45, 2.75) is 19.7 Å². The minimum atomic E-state index is -4.76. The van der Waals surface area contributed by atoms with E-state index in [9.17, 15) is 27.6 Å². The third-order valence-electron chi connectivity index (χ3n) is 4.32. The largest absolute Gasteiger partial charge is 0.573 e. The molecule has 29 heavy (non-hydrogen) atoms. The third-order valence-corrected chi connectivity index (χ3v) is 4.32. The van der Waals surface area contributed by atoms with Crippen LogP contribution in [0.25, 0.3) is 0 Å². The Bertz CT molecular complexity index is 717. The van der Waals surface area contributed by atoms with Crippen LogP contribution < -0.4 is 20.3 Å². The molecule has 0 aliphatic carbocycles. The fourth-order valence-corrected chi connectivity index (χ4v) is 2.92. The van der Waals surface area contributed by atoms with Gasteiger partial charge in [0.05, 0.1) is 26.2 Å². The van der Waals surface area contributed by atoms with E-state index in [2.05, 4.69) is 15.4 Å². The highest BCUT2D eigenvalue weighted by Crippen LogP contribution is 2.23. The van der Waals surface area contributed by atoms with Crippen LogP contribution in [-0.2, 0) is 14.4 Å². The number of nitrogens with one attached hydrogen (secondary N) is 3. The predicted molar refractivity (Wildman–Crippen MR) is 97.2 cm³/mol. The molecule has 0 radical (unpaired) electrons. The number of ether oxygens (including phenoxy) is 1. The Hall–Kier alpha value is -2.82. The van der Waals surface area contributed by atoms with Crippen LogP contribution in [0.3, 0.4) is 0 Å². The van der Waals surface area contributed by atoms with Crippen LogP contribution in [0.4, 0.5) is 18.9 Å². The Morgan fingerprint density at radius 3 is 2.31 bits per heavy atom. The van der Waals surface area contributed by atoms with Crippen molar-refractivity contribution in [2.75, 3.05) is 44.6 Å². The molecule has 0 aromatic heterocycles. The number of nitrogens with zero attached hydrogens (tertiary/aromatic N) is 1. The zero-order chi connectivity index (χ0) is 21.4. The fraction of sp³-hybridized carbons (Fsp3) is 0.500. The van der Waals surface area contributed by atoms with Crippen molar-refractivity contribution in [3.8, 4) is 5.75 Å². The molecule has 1 aromatic carbocycles. The Morgan fingerprint density at radius 1 is 1.14 bits per heavy atom. The van der Waals surface area contributed by atoms with E-state index in [-0.39, 0.29) is 36.4 Å². The summed E-state index contributed by atoms with van der Waals surface area (Å²) in [6.07, 6.45) is -4.52. The molecule has 1 aromatic rings. The smallest absolute Gasteiger partial charge is 0.406 e. The van der Waals surface area contributed by atoms with Gasteiger partial charge in [-0.15, -0.1) is 13.2 Å². The number of anilines is 1. The SMILES string of the molecule is CC(=O)NCCC(=O)N1CC[NH+](CC(=O)Nc2ccc(OC(F)(F)F)cc2)CC1. The maximum Gasteiger partial charge on any atom is 0.573 e. The lowest BCUT2D eigenvalue weighted by Gasteiger charge is -2.32. The van der Waals surface area contributed by atoms with E-state index in [1.54, 1.807) is 4.90 Å². The minimum Gasteiger partial charge on any atom is -0.406 e. The molecule has 0 atom stereocenters. The highest BCUT2D eigenvalue weighted by atomic mass is 19.4. The normalized spacial score (nSPS) is 15.0. The molecule has 0 unspecified atom stereocenters. The van der Waals surface area contributed by atoms with Gasteiger partial charge in [0.15, 0.2) is 6.54 Å². The summed E-state index contributed by atoms with van der Waals surface area (Å²) in [5.74, 6) is -0.848. The van der Waals surface area contributed by atoms with E-state index in [1.807, 2.05) is 0 Å². The van der Waals surface area contributed by atoms with Crippen molar-refractivity contribution in [2.24, 2.45) is 0 Å². The number of carbonyl (C=O) groups excluding carboxylic acids is 3. The van der Waals surface area contributed by atoms with Gasteiger partial charge in [-0.05, 0) is 24.3 Å². The number of hydrogen-bond donors (Lipinski definition) is 3. The molecule has 2 rings (SSSR count). The van der Waals surface area contributed by atoms with Gasteiger partial charge in [0.1, 0.15) is 5.75 Å². The van der Waals surface area contributed by atoms with Crippen molar-refractivity contribution in [1.82, 2.24) is 10.2 Å². The van der Waals surface area contributed by atoms with Crippen LogP contribution in [0, 0.1) is 0 Å². The topological polar surface area (TPSA) is 92.2 Å². The fourth-order valence-electron chi connectivity index (χ4n) is 2.92. The first-order valence-corrected chi connectivity index (χ1v) is 9.14. The molecule has 1 saturated heterocycles. The number of hydrogen-bond acceptors (Lipinski definition) is 4. The van der Waals surface area contributed by atoms with Gasteiger partial charge in [0, 0.05) is 25.6 Å². The highest BCUT2D eigenvalue weighted by molar-refractivity contribution is 5.91. The Morgan fingerprint density at radius 2 is 1.76 bits per heavy atom. The minimum absolute atomic E-state index is 0.0385. The number of quaternary nitrogens is 1. The van der Waals surface area contributed by atoms with Gasteiger partial charge in [-0.25, -0.2) is 0 Å². The molecule has 1 fully saturated rings. The molecule has 0 spiro atoms. The lowest BCUT2D eigenvalue weighted by atomic mass is 10.2. The van der Waals surface area contributed by atoms with E-state index < -0.39 is 6.36 Å². The molecule has 0 bridgehead atoms. The van der Waals surface area contributed by atoms with Crippen molar-refractivity contribution < 1.29 is 37.2 Å². The number of amides is 3. The van der Waals surface area contributed by atoms with E-state index in [4.69, 9.17) is 0 Å². The standard InChI is InChI=1S/C18H23F3N4O4/c1-13(26)22-7-6-17(28)25-10-8-24(9-11-25)12-16(27)23-14-2-4-15(5-3-14)29-18(19,20)21/h2-5H,6-12H2,1H3,(H,22,26)(H,23,27)/p+1. The van der Waals surface area contributed by atoms with Crippen LogP contribution in [0.15, 0.2) is 24.3 Å². The summed E-state index contributed by atoms with van der Waals surface area (Å²) < 4.78 is 40.2. The summed E-state index contributed by atoms with van der Waals surface area (Å²) in [6, 6.07) is 4.92. The highest BCUT2D eigenvalue weighted by Gasteiger charge is 2.31. The molecule has 11 heteroatoms. The zero-order valence-corrected chi connectivity index (χ0v) is 16.0. The van der Waals surface area contributed by atoms with Crippen LogP contribution in [0.2, 0.25) is 0 Å². The molecule has 1 aliphatic heterocycles. The van der Waals surface area contributed by atoms with Gasteiger partial charge < -0.3 is 25.2 Å². The number of piperazine rings is 1. The molecule has 0 saturated carbocycles. The lowest BCUT2D eigenvalue weighted by molar-refractivity contribution is -0.895. The van der Waals surface area contributed by atoms with Crippen LogP contribution in [-0.4, -0.2) is 68.3 Å². The average Bonchev–Trinajstić information content (AvgIpc) is 2.62. The van der Waals surface area contributed by atoms with E-state index >= 15 is 0 Å². The monoisotopic (exact) mass is 417 g/mol. The molecule has 3 N–H and O–H groups in total. The van der Waals surface area contributed by atoms with Gasteiger partial charge in [-0.3, -0.25) is 14.4 Å². The summed E-state index contributed by atoms with van der Waals surface area (Å²) in [5.41, 5.74) is 0.371. The maximum atomic E-state index is 12.2. The second-order valence-corrected chi connectivity index (χ2v) is 6.66. The lowest BCUT2D eigenvalue weighted by Crippen LogP contribution is -3.15. The van der Waals surface area contributed by atoms with Crippen molar-refractivity contribution in [3.05, 3.63) is 24.3 Å². The number of halogens is 3. The van der Waals surface area contributed by atoms with E-state index in [1.165, 1.54) is 19.1 Å². The van der Waals surface area contributed by atoms with Crippen molar-refractivity contribution >= 4 is 23.4 Å². The maximum absolute atomic E-state index is 12.2. The van der Waals surface area contributed by atoms with Gasteiger partial charge in [-0.1, -0.05) is 0 Å². The Labute approximate surface area is 166 Å². The second-order valence-electron chi connectivity index (χ2n) is 6.66. The first-order chi connectivity index (χ1) is 13.6. The summed E-state index contributed by atoms with van der Waals surface area (Å²) in [5, 5.41) is 5.21. The molecular weight excluding hydrogens is 393 g/mol. The average molecular weight is 417 g/mol. The molecule has 8 nitrogen and oxygen atoms in total. The van der Waals surface area contributed by atoms with Gasteiger partial charge in [0.2, 0.25) is 11.8 Å². The number of benzene rings is 1. The van der Waals surface area contributed by atoms with Gasteiger partial charge >= 0.3 is 6.36 Å². The zero-order valence-electron chi connectivity index (χ0n) is 16.0. The quantitative estimate of drug-likeness (QED) is 0.572. The predicted octanol–water partition coefficient (Wildman–Crippen LogP) is -0.223. The van der Waals surface area contributed by atoms with Crippen LogP contribution in [0.1, 0.15) is 13.3 Å². The molecule has 1 aliphatic rings. The first-order valence-electron chi connectivity index (χ1n) is 9.14. The molecular formula is C18H24F3N4O4+. The molecule has 1 heterocycles. The Kier molecular flexibility index (Phi) is 7.82. The first kappa shape index (κ1) is 22.5. The summed E-state index contributed by atoms with van der Waals surface area (Å²) in [6.45, 7) is 4.14. The van der Waals surface area contributed by atoms with E-state index in [0.717, 1.165) is 17.0 Å². The van der Waals surface area contributed by atoms with Crippen molar-refractivity contribution in [1.29, 1.82) is 0 Å². The van der Waals surface area contributed by atoms with Gasteiger partial charge in [0.25, 0.3) is 5.91 Å². The number of carbonyl (C=O) groups is 3. The Balaban J connectivity index is 1.71. The third kappa shape index (κ3) is 8.38. The second kappa shape index (κ2) is 10.1. The molecule has 3 amide bonds.